The van der Waals surface area contributed by atoms with Gasteiger partial charge >= 0.3 is 0 Å². The normalized spacial score (nSPS) is 13.5. The smallest absolute Gasteiger partial charge is 0.0544 e. The van der Waals surface area contributed by atoms with Crippen LogP contribution in [0.5, 0.6) is 0 Å². The molecular weight excluding hydrogens is 587 g/mol. The maximum absolute atomic E-state index is 2.46. The summed E-state index contributed by atoms with van der Waals surface area (Å²) in [7, 11) is 0. The third-order valence-electron chi connectivity index (χ3n) is 10.4. The van der Waals surface area contributed by atoms with E-state index < -0.39 is 0 Å². The molecule has 7 aromatic carbocycles. The summed E-state index contributed by atoms with van der Waals surface area (Å²) < 4.78 is 5.14. The van der Waals surface area contributed by atoms with E-state index in [1.165, 1.54) is 92.2 Å². The van der Waals surface area contributed by atoms with Gasteiger partial charge in [0.1, 0.15) is 0 Å². The van der Waals surface area contributed by atoms with E-state index in [9.17, 15) is 0 Å². The summed E-state index contributed by atoms with van der Waals surface area (Å²) in [6.07, 6.45) is 0. The monoisotopic (exact) mass is 617 g/mol. The highest BCUT2D eigenvalue weighted by atomic mass is 32.1. The number of thiophene rings is 1. The van der Waals surface area contributed by atoms with Gasteiger partial charge in [0.2, 0.25) is 0 Å². The highest BCUT2D eigenvalue weighted by Gasteiger charge is 2.36. The molecule has 0 amide bonds. The second-order valence-electron chi connectivity index (χ2n) is 13.3. The number of hydrogen-bond donors (Lipinski definition) is 0. The van der Waals surface area contributed by atoms with Crippen molar-refractivity contribution in [2.75, 3.05) is 0 Å². The summed E-state index contributed by atoms with van der Waals surface area (Å²) >= 11 is 1.89. The van der Waals surface area contributed by atoms with E-state index in [1.807, 2.05) is 11.3 Å². The molecule has 0 aliphatic heterocycles. The van der Waals surface area contributed by atoms with Crippen LogP contribution in [0.4, 0.5) is 0 Å². The maximum atomic E-state index is 2.46. The van der Waals surface area contributed by atoms with Gasteiger partial charge in [0.25, 0.3) is 0 Å². The summed E-state index contributed by atoms with van der Waals surface area (Å²) in [6.45, 7) is 4.72. The van der Waals surface area contributed by atoms with Crippen LogP contribution in [0.2, 0.25) is 0 Å². The quantitative estimate of drug-likeness (QED) is 0.186. The van der Waals surface area contributed by atoms with Crippen molar-refractivity contribution in [2.45, 2.75) is 19.3 Å². The average molecular weight is 618 g/mol. The van der Waals surface area contributed by atoms with Gasteiger partial charge in [-0.15, -0.1) is 11.3 Å². The first-order valence-electron chi connectivity index (χ1n) is 16.4. The Morgan fingerprint density at radius 3 is 2.04 bits per heavy atom. The lowest BCUT2D eigenvalue weighted by atomic mass is 9.82. The minimum absolute atomic E-state index is 0.0452. The van der Waals surface area contributed by atoms with Gasteiger partial charge in [0.15, 0.2) is 0 Å². The molecule has 1 aliphatic rings. The molecule has 1 nitrogen and oxygen atoms in total. The number of para-hydroxylation sites is 1. The van der Waals surface area contributed by atoms with Crippen molar-refractivity contribution in [3.8, 4) is 39.1 Å². The van der Waals surface area contributed by atoms with Crippen LogP contribution in [0.15, 0.2) is 152 Å². The van der Waals surface area contributed by atoms with Crippen molar-refractivity contribution >= 4 is 53.3 Å². The summed E-state index contributed by atoms with van der Waals surface area (Å²) in [4.78, 5) is 0. The Kier molecular flexibility index (Phi) is 5.57. The zero-order chi connectivity index (χ0) is 31.3. The molecule has 0 saturated carbocycles. The van der Waals surface area contributed by atoms with E-state index in [2.05, 4.69) is 170 Å². The lowest BCUT2D eigenvalue weighted by Crippen LogP contribution is -2.14. The molecule has 9 aromatic rings. The fourth-order valence-corrected chi connectivity index (χ4v) is 9.32. The number of benzene rings is 7. The molecule has 10 rings (SSSR count). The number of aromatic nitrogens is 1. The van der Waals surface area contributed by atoms with Crippen molar-refractivity contribution in [1.82, 2.24) is 4.57 Å². The van der Waals surface area contributed by atoms with Crippen LogP contribution in [0.1, 0.15) is 25.0 Å². The molecule has 2 aromatic heterocycles. The molecule has 1 aliphatic carbocycles. The largest absolute Gasteiger partial charge is 0.309 e. The summed E-state index contributed by atoms with van der Waals surface area (Å²) in [5.74, 6) is 0. The first-order valence-corrected chi connectivity index (χ1v) is 17.2. The third-order valence-corrected chi connectivity index (χ3v) is 11.6. The fraction of sp³-hybridized carbons (Fsp3) is 0.0667. The molecule has 0 fully saturated rings. The van der Waals surface area contributed by atoms with E-state index in [1.54, 1.807) is 0 Å². The van der Waals surface area contributed by atoms with Crippen molar-refractivity contribution < 1.29 is 0 Å². The van der Waals surface area contributed by atoms with Crippen LogP contribution in [-0.2, 0) is 5.41 Å². The van der Waals surface area contributed by atoms with Crippen molar-refractivity contribution in [3.63, 3.8) is 0 Å². The Labute approximate surface area is 278 Å². The van der Waals surface area contributed by atoms with Gasteiger partial charge in [0.05, 0.1) is 11.0 Å². The Bertz CT molecular complexity index is 2700. The molecule has 0 radical (unpaired) electrons. The first-order chi connectivity index (χ1) is 23.1. The summed E-state index contributed by atoms with van der Waals surface area (Å²) in [5, 5.41) is 5.27. The molecule has 0 saturated heterocycles. The minimum atomic E-state index is -0.0452. The van der Waals surface area contributed by atoms with Gasteiger partial charge in [-0.3, -0.25) is 0 Å². The molecule has 0 atom stereocenters. The van der Waals surface area contributed by atoms with Gasteiger partial charge in [-0.05, 0) is 87.0 Å². The molecule has 47 heavy (non-hydrogen) atoms. The van der Waals surface area contributed by atoms with Gasteiger partial charge in [0, 0.05) is 42.0 Å². The maximum Gasteiger partial charge on any atom is 0.0544 e. The Balaban J connectivity index is 1.09. The average Bonchev–Trinajstić information content (AvgIpc) is 3.73. The number of rotatable bonds is 3. The lowest BCUT2D eigenvalue weighted by molar-refractivity contribution is 0.661. The van der Waals surface area contributed by atoms with Gasteiger partial charge in [-0.2, -0.15) is 0 Å². The van der Waals surface area contributed by atoms with E-state index in [0.717, 1.165) is 0 Å². The van der Waals surface area contributed by atoms with Crippen LogP contribution in [-0.4, -0.2) is 4.57 Å². The summed E-state index contributed by atoms with van der Waals surface area (Å²) in [5.41, 5.74) is 14.2. The van der Waals surface area contributed by atoms with Crippen LogP contribution in [0, 0.1) is 0 Å². The predicted molar refractivity (Wildman–Crippen MR) is 202 cm³/mol. The Morgan fingerprint density at radius 2 is 1.15 bits per heavy atom. The molecule has 0 unspecified atom stereocenters. The molecule has 2 heterocycles. The highest BCUT2D eigenvalue weighted by Crippen LogP contribution is 2.51. The van der Waals surface area contributed by atoms with E-state index in [-0.39, 0.29) is 5.41 Å². The topological polar surface area (TPSA) is 4.93 Å². The standard InChI is InChI=1S/C45H31NS/c1-45(2)39-18-6-3-13-33(39)37-26-38-34-14-4-7-19-41(34)46(42(38)27-40(37)45)31-23-21-28(22-24-31)29-11-9-12-30(25-29)32-16-10-17-36-35-15-5-8-20-43(35)47-44(32)36/h3-27H,1-2H3. The van der Waals surface area contributed by atoms with Gasteiger partial charge < -0.3 is 4.57 Å². The molecule has 0 spiro atoms. The second-order valence-corrected chi connectivity index (χ2v) is 14.4. The molecule has 2 heteroatoms. The van der Waals surface area contributed by atoms with Crippen LogP contribution in [0.25, 0.3) is 81.0 Å². The van der Waals surface area contributed by atoms with Crippen LogP contribution < -0.4 is 0 Å². The highest BCUT2D eigenvalue weighted by molar-refractivity contribution is 7.26. The first kappa shape index (κ1) is 26.7. The van der Waals surface area contributed by atoms with Crippen molar-refractivity contribution in [1.29, 1.82) is 0 Å². The van der Waals surface area contributed by atoms with Gasteiger partial charge in [-0.1, -0.05) is 123 Å². The third kappa shape index (κ3) is 3.83. The number of nitrogens with zero attached hydrogens (tertiary/aromatic N) is 1. The predicted octanol–water partition coefficient (Wildman–Crippen LogP) is 12.8. The molecule has 0 bridgehead atoms. The van der Waals surface area contributed by atoms with E-state index in [0.29, 0.717) is 0 Å². The number of fused-ring (bicyclic) bond motifs is 9. The molecule has 222 valence electrons. The minimum Gasteiger partial charge on any atom is -0.309 e. The zero-order valence-corrected chi connectivity index (χ0v) is 27.1. The lowest BCUT2D eigenvalue weighted by Gasteiger charge is -2.21. The zero-order valence-electron chi connectivity index (χ0n) is 26.3. The fourth-order valence-electron chi connectivity index (χ4n) is 8.09. The number of hydrogen-bond acceptors (Lipinski definition) is 1. The SMILES string of the molecule is CC1(C)c2ccccc2-c2cc3c4ccccc4n(-c4ccc(-c5cccc(-c6cccc7c6sc6ccccc67)c5)cc4)c3cc21. The summed E-state index contributed by atoms with van der Waals surface area (Å²) in [6, 6.07) is 56.2. The molecule has 0 N–H and O–H groups in total. The Hall–Kier alpha value is -5.44. The van der Waals surface area contributed by atoms with E-state index in [4.69, 9.17) is 0 Å². The Morgan fingerprint density at radius 1 is 0.447 bits per heavy atom. The van der Waals surface area contributed by atoms with Crippen molar-refractivity contribution in [2.24, 2.45) is 0 Å². The van der Waals surface area contributed by atoms with E-state index >= 15 is 0 Å². The van der Waals surface area contributed by atoms with Crippen LogP contribution in [0.3, 0.4) is 0 Å². The molecular formula is C45H31NS. The van der Waals surface area contributed by atoms with Crippen LogP contribution >= 0.6 is 11.3 Å². The van der Waals surface area contributed by atoms with Crippen molar-refractivity contribution in [3.05, 3.63) is 163 Å². The van der Waals surface area contributed by atoms with Gasteiger partial charge in [-0.25, -0.2) is 0 Å². The second kappa shape index (κ2) is 9.78.